The molecule has 0 amide bonds. The maximum absolute atomic E-state index is 8.74. The number of aliphatic hydroxyl groups excluding tert-OH is 1. The second-order valence-electron chi connectivity index (χ2n) is 3.95. The number of benzene rings is 1. The molecule has 0 aliphatic heterocycles. The van der Waals surface area contributed by atoms with Crippen LogP contribution in [-0.2, 0) is 6.42 Å². The van der Waals surface area contributed by atoms with Crippen molar-refractivity contribution >= 4 is 0 Å². The first-order chi connectivity index (χ1) is 7.19. The first-order valence-electron chi connectivity index (χ1n) is 5.55. The van der Waals surface area contributed by atoms with Crippen LogP contribution in [0.15, 0.2) is 18.2 Å². The molecule has 0 aliphatic carbocycles. The Morgan fingerprint density at radius 2 is 2.07 bits per heavy atom. The zero-order valence-corrected chi connectivity index (χ0v) is 9.79. The second kappa shape index (κ2) is 5.76. The fraction of sp³-hybridized carbons (Fsp3) is 0.538. The summed E-state index contributed by atoms with van der Waals surface area (Å²) in [7, 11) is 0. The van der Waals surface area contributed by atoms with Crippen molar-refractivity contribution in [2.24, 2.45) is 0 Å². The van der Waals surface area contributed by atoms with Crippen LogP contribution in [0.3, 0.4) is 0 Å². The van der Waals surface area contributed by atoms with E-state index >= 15 is 0 Å². The van der Waals surface area contributed by atoms with E-state index in [0.29, 0.717) is 12.5 Å². The lowest BCUT2D eigenvalue weighted by atomic mass is 10.00. The van der Waals surface area contributed by atoms with Gasteiger partial charge < -0.3 is 9.84 Å². The second-order valence-corrected chi connectivity index (χ2v) is 3.95. The van der Waals surface area contributed by atoms with E-state index in [-0.39, 0.29) is 6.61 Å². The van der Waals surface area contributed by atoms with Crippen molar-refractivity contribution in [3.63, 3.8) is 0 Å². The lowest BCUT2D eigenvalue weighted by molar-refractivity contribution is 0.200. The molecule has 0 unspecified atom stereocenters. The van der Waals surface area contributed by atoms with Crippen LogP contribution in [0.5, 0.6) is 5.75 Å². The van der Waals surface area contributed by atoms with Gasteiger partial charge in [0, 0.05) is 0 Å². The van der Waals surface area contributed by atoms with Crippen LogP contribution in [-0.4, -0.2) is 18.3 Å². The molecule has 0 bridgehead atoms. The first kappa shape index (κ1) is 12.1. The van der Waals surface area contributed by atoms with Gasteiger partial charge >= 0.3 is 0 Å². The van der Waals surface area contributed by atoms with Crippen molar-refractivity contribution in [1.29, 1.82) is 0 Å². The molecule has 0 spiro atoms. The van der Waals surface area contributed by atoms with E-state index in [0.717, 1.165) is 12.2 Å². The fourth-order valence-electron chi connectivity index (χ4n) is 1.51. The molecular weight excluding hydrogens is 188 g/mol. The third kappa shape index (κ3) is 3.24. The molecule has 0 aromatic heterocycles. The molecule has 2 heteroatoms. The van der Waals surface area contributed by atoms with Crippen LogP contribution < -0.4 is 4.74 Å². The van der Waals surface area contributed by atoms with E-state index in [9.17, 15) is 0 Å². The van der Waals surface area contributed by atoms with Crippen LogP contribution in [0.2, 0.25) is 0 Å². The van der Waals surface area contributed by atoms with Gasteiger partial charge in [-0.1, -0.05) is 32.9 Å². The molecule has 84 valence electrons. The fourth-order valence-corrected chi connectivity index (χ4v) is 1.51. The number of aryl methyl sites for hydroxylation is 1. The molecule has 1 rings (SSSR count). The zero-order chi connectivity index (χ0) is 11.3. The summed E-state index contributed by atoms with van der Waals surface area (Å²) in [6.07, 6.45) is 0.957. The van der Waals surface area contributed by atoms with Crippen molar-refractivity contribution in [3.05, 3.63) is 29.3 Å². The highest BCUT2D eigenvalue weighted by Crippen LogP contribution is 2.25. The molecule has 0 saturated heterocycles. The molecule has 0 aliphatic rings. The summed E-state index contributed by atoms with van der Waals surface area (Å²) in [5.41, 5.74) is 2.48. The Morgan fingerprint density at radius 1 is 1.33 bits per heavy atom. The highest BCUT2D eigenvalue weighted by molar-refractivity contribution is 5.38. The maximum atomic E-state index is 8.74. The van der Waals surface area contributed by atoms with Crippen molar-refractivity contribution in [1.82, 2.24) is 0 Å². The van der Waals surface area contributed by atoms with Gasteiger partial charge in [0.15, 0.2) is 0 Å². The molecule has 1 aromatic rings. The summed E-state index contributed by atoms with van der Waals surface area (Å²) < 4.78 is 5.52. The van der Waals surface area contributed by atoms with Crippen LogP contribution >= 0.6 is 0 Å². The van der Waals surface area contributed by atoms with Gasteiger partial charge in [0.05, 0.1) is 6.61 Å². The molecule has 0 fully saturated rings. The van der Waals surface area contributed by atoms with E-state index in [2.05, 4.69) is 39.0 Å². The van der Waals surface area contributed by atoms with E-state index < -0.39 is 0 Å². The van der Waals surface area contributed by atoms with Gasteiger partial charge in [0.1, 0.15) is 12.4 Å². The molecule has 1 N–H and O–H groups in total. The van der Waals surface area contributed by atoms with Crippen LogP contribution in [0.1, 0.15) is 37.8 Å². The summed E-state index contributed by atoms with van der Waals surface area (Å²) in [4.78, 5) is 0. The van der Waals surface area contributed by atoms with Gasteiger partial charge in [-0.05, 0) is 29.5 Å². The predicted octanol–water partition coefficient (Wildman–Crippen LogP) is 2.74. The summed E-state index contributed by atoms with van der Waals surface area (Å²) in [5, 5.41) is 8.74. The van der Waals surface area contributed by atoms with Gasteiger partial charge in [-0.3, -0.25) is 0 Å². The summed E-state index contributed by atoms with van der Waals surface area (Å²) >= 11 is 0. The minimum absolute atomic E-state index is 0.0645. The molecule has 0 atom stereocenters. The Morgan fingerprint density at radius 3 is 2.60 bits per heavy atom. The van der Waals surface area contributed by atoms with Gasteiger partial charge in [0.25, 0.3) is 0 Å². The number of rotatable bonds is 5. The summed E-state index contributed by atoms with van der Waals surface area (Å²) in [6, 6.07) is 6.34. The number of ether oxygens (including phenoxy) is 1. The Kier molecular flexibility index (Phi) is 4.63. The minimum Gasteiger partial charge on any atom is -0.491 e. The van der Waals surface area contributed by atoms with Gasteiger partial charge in [0.2, 0.25) is 0 Å². The third-order valence-corrected chi connectivity index (χ3v) is 2.49. The molecule has 1 aromatic carbocycles. The number of aliphatic hydroxyl groups is 1. The largest absolute Gasteiger partial charge is 0.491 e. The van der Waals surface area contributed by atoms with Crippen LogP contribution in [0, 0.1) is 0 Å². The molecular formula is C13H20O2. The number of hydrogen-bond donors (Lipinski definition) is 1. The van der Waals surface area contributed by atoms with Gasteiger partial charge in [-0.15, -0.1) is 0 Å². The smallest absolute Gasteiger partial charge is 0.122 e. The molecule has 0 saturated carbocycles. The summed E-state index contributed by atoms with van der Waals surface area (Å²) in [6.45, 7) is 6.87. The molecule has 0 radical (unpaired) electrons. The van der Waals surface area contributed by atoms with E-state index in [4.69, 9.17) is 9.84 Å². The predicted molar refractivity (Wildman–Crippen MR) is 62.5 cm³/mol. The lowest BCUT2D eigenvalue weighted by Crippen LogP contribution is -2.04. The highest BCUT2D eigenvalue weighted by atomic mass is 16.5. The van der Waals surface area contributed by atoms with Crippen molar-refractivity contribution < 1.29 is 9.84 Å². The highest BCUT2D eigenvalue weighted by Gasteiger charge is 2.05. The molecule has 15 heavy (non-hydrogen) atoms. The van der Waals surface area contributed by atoms with Crippen LogP contribution in [0.25, 0.3) is 0 Å². The Hall–Kier alpha value is -1.02. The van der Waals surface area contributed by atoms with E-state index in [1.165, 1.54) is 11.1 Å². The summed E-state index contributed by atoms with van der Waals surface area (Å²) in [5.74, 6) is 1.42. The number of hydrogen-bond acceptors (Lipinski definition) is 2. The minimum atomic E-state index is 0.0645. The van der Waals surface area contributed by atoms with Crippen molar-refractivity contribution in [2.45, 2.75) is 33.1 Å². The first-order valence-corrected chi connectivity index (χ1v) is 5.55. The Labute approximate surface area is 91.9 Å². The maximum Gasteiger partial charge on any atom is 0.122 e. The average Bonchev–Trinajstić information content (AvgIpc) is 2.25. The Bertz CT molecular complexity index is 305. The lowest BCUT2D eigenvalue weighted by Gasteiger charge is -2.13. The quantitative estimate of drug-likeness (QED) is 0.806. The van der Waals surface area contributed by atoms with Gasteiger partial charge in [-0.25, -0.2) is 0 Å². The monoisotopic (exact) mass is 208 g/mol. The molecule has 0 heterocycles. The average molecular weight is 208 g/mol. The van der Waals surface area contributed by atoms with Crippen molar-refractivity contribution in [3.8, 4) is 5.75 Å². The van der Waals surface area contributed by atoms with E-state index in [1.807, 2.05) is 0 Å². The Balaban J connectivity index is 2.91. The SMILES string of the molecule is CCc1ccc(C(C)C)cc1OCCO. The van der Waals surface area contributed by atoms with Crippen molar-refractivity contribution in [2.75, 3.05) is 13.2 Å². The van der Waals surface area contributed by atoms with Gasteiger partial charge in [-0.2, -0.15) is 0 Å². The van der Waals surface area contributed by atoms with E-state index in [1.54, 1.807) is 0 Å². The third-order valence-electron chi connectivity index (χ3n) is 2.49. The molecule has 2 nitrogen and oxygen atoms in total. The standard InChI is InChI=1S/C13H20O2/c1-4-11-5-6-12(10(2)3)9-13(11)15-8-7-14/h5-6,9-10,14H,4,7-8H2,1-3H3. The normalized spacial score (nSPS) is 10.7. The zero-order valence-electron chi connectivity index (χ0n) is 9.79. The van der Waals surface area contributed by atoms with Crippen LogP contribution in [0.4, 0.5) is 0 Å². The topological polar surface area (TPSA) is 29.5 Å².